The Morgan fingerprint density at radius 3 is 2.75 bits per heavy atom. The number of nitrogens with one attached hydrogen (secondary N) is 1. The number of rotatable bonds is 7. The maximum absolute atomic E-state index is 5.72. The summed E-state index contributed by atoms with van der Waals surface area (Å²) in [5.41, 5.74) is 0.350. The van der Waals surface area contributed by atoms with Crippen LogP contribution in [0, 0.1) is 5.41 Å². The van der Waals surface area contributed by atoms with Gasteiger partial charge in [-0.2, -0.15) is 0 Å². The van der Waals surface area contributed by atoms with E-state index in [1.165, 1.54) is 45.6 Å². The van der Waals surface area contributed by atoms with Crippen molar-refractivity contribution in [1.82, 2.24) is 15.1 Å². The SMILES string of the molecule is CCCNCC1(CN2CCN(CC)C(C)C2)CCOC1. The van der Waals surface area contributed by atoms with Crippen LogP contribution in [0.1, 0.15) is 33.6 Å². The smallest absolute Gasteiger partial charge is 0.0547 e. The molecule has 2 fully saturated rings. The molecule has 2 unspecified atom stereocenters. The minimum Gasteiger partial charge on any atom is -0.381 e. The van der Waals surface area contributed by atoms with E-state index in [2.05, 4.69) is 35.9 Å². The van der Waals surface area contributed by atoms with E-state index >= 15 is 0 Å². The standard InChI is InChI=1S/C16H33N3O/c1-4-7-17-12-16(6-10-20-14-16)13-18-8-9-19(5-2)15(3)11-18/h15,17H,4-14H2,1-3H3. The van der Waals surface area contributed by atoms with Crippen molar-refractivity contribution in [3.63, 3.8) is 0 Å². The summed E-state index contributed by atoms with van der Waals surface area (Å²) < 4.78 is 5.72. The lowest BCUT2D eigenvalue weighted by atomic mass is 9.86. The molecule has 0 radical (unpaired) electrons. The molecule has 0 aromatic carbocycles. The lowest BCUT2D eigenvalue weighted by Crippen LogP contribution is -2.55. The van der Waals surface area contributed by atoms with E-state index in [-0.39, 0.29) is 0 Å². The Hall–Kier alpha value is -0.160. The molecule has 1 N–H and O–H groups in total. The van der Waals surface area contributed by atoms with Crippen molar-refractivity contribution < 1.29 is 4.74 Å². The van der Waals surface area contributed by atoms with Crippen molar-refractivity contribution in [3.8, 4) is 0 Å². The van der Waals surface area contributed by atoms with Gasteiger partial charge >= 0.3 is 0 Å². The molecule has 2 heterocycles. The number of piperazine rings is 1. The Bertz CT molecular complexity index is 279. The lowest BCUT2D eigenvalue weighted by Gasteiger charge is -2.43. The molecule has 4 nitrogen and oxygen atoms in total. The molecule has 0 saturated carbocycles. The fourth-order valence-corrected chi connectivity index (χ4v) is 3.66. The van der Waals surface area contributed by atoms with E-state index in [1.807, 2.05) is 0 Å². The maximum atomic E-state index is 5.72. The van der Waals surface area contributed by atoms with Crippen LogP contribution in [0.4, 0.5) is 0 Å². The van der Waals surface area contributed by atoms with Crippen LogP contribution >= 0.6 is 0 Å². The molecule has 20 heavy (non-hydrogen) atoms. The van der Waals surface area contributed by atoms with Crippen molar-refractivity contribution in [2.24, 2.45) is 5.41 Å². The zero-order valence-corrected chi connectivity index (χ0v) is 13.7. The Balaban J connectivity index is 1.85. The summed E-state index contributed by atoms with van der Waals surface area (Å²) in [6.45, 7) is 17.0. The first-order valence-electron chi connectivity index (χ1n) is 8.44. The van der Waals surface area contributed by atoms with Gasteiger partial charge in [-0.3, -0.25) is 9.80 Å². The summed E-state index contributed by atoms with van der Waals surface area (Å²) >= 11 is 0. The summed E-state index contributed by atoms with van der Waals surface area (Å²) in [4.78, 5) is 5.25. The van der Waals surface area contributed by atoms with Crippen LogP contribution in [-0.4, -0.2) is 74.9 Å². The third-order valence-electron chi connectivity index (χ3n) is 4.93. The molecule has 2 saturated heterocycles. The first-order valence-corrected chi connectivity index (χ1v) is 8.44. The molecule has 4 heteroatoms. The van der Waals surface area contributed by atoms with E-state index in [4.69, 9.17) is 4.74 Å². The van der Waals surface area contributed by atoms with Crippen molar-refractivity contribution in [2.75, 3.05) is 59.0 Å². The van der Waals surface area contributed by atoms with Crippen LogP contribution in [0.5, 0.6) is 0 Å². The molecule has 2 atom stereocenters. The second-order valence-electron chi connectivity index (χ2n) is 6.69. The highest BCUT2D eigenvalue weighted by atomic mass is 16.5. The van der Waals surface area contributed by atoms with Crippen LogP contribution in [-0.2, 0) is 4.74 Å². The predicted molar refractivity (Wildman–Crippen MR) is 84.2 cm³/mol. The van der Waals surface area contributed by atoms with Gasteiger partial charge in [-0.05, 0) is 32.9 Å². The normalized spacial score (nSPS) is 32.9. The highest BCUT2D eigenvalue weighted by molar-refractivity contribution is 4.90. The van der Waals surface area contributed by atoms with Crippen molar-refractivity contribution >= 4 is 0 Å². The number of likely N-dealkylation sites (N-methyl/N-ethyl adjacent to an activating group) is 1. The molecule has 0 amide bonds. The number of hydrogen-bond donors (Lipinski definition) is 1. The molecule has 2 rings (SSSR count). The zero-order chi connectivity index (χ0) is 14.4. The van der Waals surface area contributed by atoms with Crippen LogP contribution in [0.3, 0.4) is 0 Å². The molecule has 0 aromatic heterocycles. The van der Waals surface area contributed by atoms with Gasteiger partial charge < -0.3 is 10.1 Å². The van der Waals surface area contributed by atoms with Gasteiger partial charge in [0.1, 0.15) is 0 Å². The first-order chi connectivity index (χ1) is 9.69. The van der Waals surface area contributed by atoms with Crippen molar-refractivity contribution in [1.29, 1.82) is 0 Å². The third-order valence-corrected chi connectivity index (χ3v) is 4.93. The quantitative estimate of drug-likeness (QED) is 0.715. The largest absolute Gasteiger partial charge is 0.381 e. The average Bonchev–Trinajstić information content (AvgIpc) is 2.88. The van der Waals surface area contributed by atoms with E-state index in [0.29, 0.717) is 11.5 Å². The Labute approximate surface area is 124 Å². The molecule has 118 valence electrons. The molecular formula is C16H33N3O. The topological polar surface area (TPSA) is 27.7 Å². The molecule has 0 spiro atoms. The van der Waals surface area contributed by atoms with Crippen LogP contribution in [0.25, 0.3) is 0 Å². The Morgan fingerprint density at radius 2 is 2.15 bits per heavy atom. The average molecular weight is 283 g/mol. The van der Waals surface area contributed by atoms with E-state index < -0.39 is 0 Å². The zero-order valence-electron chi connectivity index (χ0n) is 13.7. The molecule has 2 aliphatic heterocycles. The molecule has 0 bridgehead atoms. The number of hydrogen-bond acceptors (Lipinski definition) is 4. The highest BCUT2D eigenvalue weighted by Crippen LogP contribution is 2.30. The Kier molecular flexibility index (Phi) is 6.27. The van der Waals surface area contributed by atoms with Gasteiger partial charge in [-0.25, -0.2) is 0 Å². The Morgan fingerprint density at radius 1 is 1.30 bits per heavy atom. The first kappa shape index (κ1) is 16.2. The van der Waals surface area contributed by atoms with Crippen LogP contribution in [0.15, 0.2) is 0 Å². The van der Waals surface area contributed by atoms with Gasteiger partial charge in [0.25, 0.3) is 0 Å². The highest BCUT2D eigenvalue weighted by Gasteiger charge is 2.37. The number of nitrogens with zero attached hydrogens (tertiary/aromatic N) is 2. The predicted octanol–water partition coefficient (Wildman–Crippen LogP) is 1.42. The monoisotopic (exact) mass is 283 g/mol. The van der Waals surface area contributed by atoms with Gasteiger partial charge in [0.2, 0.25) is 0 Å². The van der Waals surface area contributed by atoms with Crippen molar-refractivity contribution in [2.45, 2.75) is 39.7 Å². The van der Waals surface area contributed by atoms with E-state index in [9.17, 15) is 0 Å². The van der Waals surface area contributed by atoms with E-state index in [0.717, 1.165) is 26.3 Å². The molecule has 0 aromatic rings. The van der Waals surface area contributed by atoms with E-state index in [1.54, 1.807) is 0 Å². The van der Waals surface area contributed by atoms with Gasteiger partial charge in [-0.15, -0.1) is 0 Å². The van der Waals surface area contributed by atoms with Crippen LogP contribution < -0.4 is 5.32 Å². The summed E-state index contributed by atoms with van der Waals surface area (Å²) in [5.74, 6) is 0. The fraction of sp³-hybridized carbons (Fsp3) is 1.00. The molecule has 0 aliphatic carbocycles. The molecule has 2 aliphatic rings. The minimum atomic E-state index is 0.350. The molecular weight excluding hydrogens is 250 g/mol. The summed E-state index contributed by atoms with van der Waals surface area (Å²) in [7, 11) is 0. The third kappa shape index (κ3) is 4.17. The van der Waals surface area contributed by atoms with Gasteiger partial charge in [0.15, 0.2) is 0 Å². The lowest BCUT2D eigenvalue weighted by molar-refractivity contribution is 0.0466. The minimum absolute atomic E-state index is 0.350. The van der Waals surface area contributed by atoms with Gasteiger partial charge in [0.05, 0.1) is 6.61 Å². The van der Waals surface area contributed by atoms with Crippen molar-refractivity contribution in [3.05, 3.63) is 0 Å². The summed E-state index contributed by atoms with van der Waals surface area (Å²) in [6.07, 6.45) is 2.43. The fourth-order valence-electron chi connectivity index (χ4n) is 3.66. The second-order valence-corrected chi connectivity index (χ2v) is 6.69. The summed E-state index contributed by atoms with van der Waals surface area (Å²) in [5, 5.41) is 3.62. The van der Waals surface area contributed by atoms with Gasteiger partial charge in [0, 0.05) is 50.8 Å². The second kappa shape index (κ2) is 7.74. The maximum Gasteiger partial charge on any atom is 0.0547 e. The van der Waals surface area contributed by atoms with Crippen LogP contribution in [0.2, 0.25) is 0 Å². The number of ether oxygens (including phenoxy) is 1. The van der Waals surface area contributed by atoms with Gasteiger partial charge in [-0.1, -0.05) is 13.8 Å². The summed E-state index contributed by atoms with van der Waals surface area (Å²) in [6, 6.07) is 0.691.